The largest absolute Gasteiger partial charge is 0.292 e. The van der Waals surface area contributed by atoms with Crippen molar-refractivity contribution in [3.05, 3.63) is 65.9 Å². The first-order valence-electron chi connectivity index (χ1n) is 6.49. The van der Waals surface area contributed by atoms with Crippen LogP contribution in [-0.4, -0.2) is 15.6 Å². The third-order valence-corrected chi connectivity index (χ3v) is 3.46. The van der Waals surface area contributed by atoms with Crippen molar-refractivity contribution in [2.24, 2.45) is 0 Å². The zero-order valence-electron chi connectivity index (χ0n) is 11.3. The summed E-state index contributed by atoms with van der Waals surface area (Å²) in [6.45, 7) is 1.68. The Morgan fingerprint density at radius 3 is 2.67 bits per heavy atom. The molecular weight excluding hydrogens is 274 g/mol. The second kappa shape index (κ2) is 5.09. The highest BCUT2D eigenvalue weighted by molar-refractivity contribution is 5.99. The minimum Gasteiger partial charge on any atom is -0.292 e. The summed E-state index contributed by atoms with van der Waals surface area (Å²) in [5.74, 6) is -2.31. The van der Waals surface area contributed by atoms with Gasteiger partial charge in [-0.2, -0.15) is 5.10 Å². The van der Waals surface area contributed by atoms with E-state index in [1.807, 2.05) is 24.3 Å². The molecule has 3 rings (SSSR count). The van der Waals surface area contributed by atoms with Gasteiger partial charge in [-0.25, -0.2) is 8.78 Å². The molecule has 3 nitrogen and oxygen atoms in total. The Morgan fingerprint density at radius 2 is 1.90 bits per heavy atom. The molecule has 1 unspecified atom stereocenters. The second-order valence-electron chi connectivity index (χ2n) is 4.82. The van der Waals surface area contributed by atoms with Gasteiger partial charge >= 0.3 is 0 Å². The lowest BCUT2D eigenvalue weighted by Gasteiger charge is -2.12. The fourth-order valence-corrected chi connectivity index (χ4v) is 2.30. The third kappa shape index (κ3) is 2.31. The molecule has 0 saturated heterocycles. The van der Waals surface area contributed by atoms with Crippen LogP contribution in [0.15, 0.2) is 48.7 Å². The molecule has 3 aromatic rings. The van der Waals surface area contributed by atoms with Gasteiger partial charge in [0.25, 0.3) is 0 Å². The van der Waals surface area contributed by atoms with Crippen molar-refractivity contribution in [2.45, 2.75) is 13.0 Å². The van der Waals surface area contributed by atoms with Crippen LogP contribution in [0.2, 0.25) is 0 Å². The van der Waals surface area contributed by atoms with Crippen molar-refractivity contribution in [3.63, 3.8) is 0 Å². The second-order valence-corrected chi connectivity index (χ2v) is 4.82. The molecular formula is C16H12F2N2O. The molecule has 1 aromatic heterocycles. The molecule has 0 saturated carbocycles. The zero-order valence-corrected chi connectivity index (χ0v) is 11.3. The first-order valence-corrected chi connectivity index (χ1v) is 6.49. The predicted octanol–water partition coefficient (Wildman–Crippen LogP) is 3.76. The molecule has 1 heterocycles. The third-order valence-electron chi connectivity index (χ3n) is 3.46. The van der Waals surface area contributed by atoms with Crippen molar-refractivity contribution < 1.29 is 13.6 Å². The van der Waals surface area contributed by atoms with Gasteiger partial charge in [-0.1, -0.05) is 18.2 Å². The van der Waals surface area contributed by atoms with Gasteiger partial charge in [-0.15, -0.1) is 0 Å². The first kappa shape index (κ1) is 13.4. The van der Waals surface area contributed by atoms with Gasteiger partial charge in [0.1, 0.15) is 6.04 Å². The van der Waals surface area contributed by atoms with E-state index in [0.717, 1.165) is 23.0 Å². The highest BCUT2D eigenvalue weighted by Gasteiger charge is 2.20. The number of para-hydroxylation sites is 1. The molecule has 0 aliphatic rings. The maximum Gasteiger partial charge on any atom is 0.187 e. The summed E-state index contributed by atoms with van der Waals surface area (Å²) in [7, 11) is 0. The monoisotopic (exact) mass is 286 g/mol. The average molecular weight is 286 g/mol. The average Bonchev–Trinajstić information content (AvgIpc) is 2.92. The van der Waals surface area contributed by atoms with Gasteiger partial charge < -0.3 is 0 Å². The van der Waals surface area contributed by atoms with E-state index < -0.39 is 17.7 Å². The molecule has 106 valence electrons. The number of aromatic nitrogens is 2. The summed E-state index contributed by atoms with van der Waals surface area (Å²) >= 11 is 0. The van der Waals surface area contributed by atoms with Crippen LogP contribution in [0, 0.1) is 11.6 Å². The Kier molecular flexibility index (Phi) is 3.25. The van der Waals surface area contributed by atoms with Gasteiger partial charge in [0.2, 0.25) is 0 Å². The van der Waals surface area contributed by atoms with E-state index in [-0.39, 0.29) is 11.3 Å². The highest BCUT2D eigenvalue weighted by atomic mass is 19.2. The maximum atomic E-state index is 13.2. The molecule has 0 aliphatic carbocycles. The van der Waals surface area contributed by atoms with Crippen LogP contribution in [0.4, 0.5) is 8.78 Å². The van der Waals surface area contributed by atoms with Crippen molar-refractivity contribution in [2.75, 3.05) is 0 Å². The number of Topliss-reactive ketones (excluding diaryl/α,β-unsaturated/α-hetero) is 1. The topological polar surface area (TPSA) is 34.9 Å². The van der Waals surface area contributed by atoms with Crippen LogP contribution in [0.5, 0.6) is 0 Å². The standard InChI is InChI=1S/C16H12F2N2O/c1-10(16(21)11-6-7-13(17)14(18)8-11)20-15-5-3-2-4-12(15)9-19-20/h2-10H,1H3. The normalized spacial score (nSPS) is 12.5. The summed E-state index contributed by atoms with van der Waals surface area (Å²) in [5.41, 5.74) is 0.946. The number of halogens is 2. The van der Waals surface area contributed by atoms with Crippen LogP contribution in [0.25, 0.3) is 10.9 Å². The maximum absolute atomic E-state index is 13.2. The number of nitrogens with zero attached hydrogens (tertiary/aromatic N) is 2. The van der Waals surface area contributed by atoms with Crippen molar-refractivity contribution >= 4 is 16.7 Å². The smallest absolute Gasteiger partial charge is 0.187 e. The predicted molar refractivity (Wildman–Crippen MR) is 75.1 cm³/mol. The number of hydrogen-bond acceptors (Lipinski definition) is 2. The van der Waals surface area contributed by atoms with Crippen LogP contribution < -0.4 is 0 Å². The Balaban J connectivity index is 1.99. The number of ketones is 1. The van der Waals surface area contributed by atoms with Crippen molar-refractivity contribution in [1.82, 2.24) is 9.78 Å². The van der Waals surface area contributed by atoms with Crippen LogP contribution in [0.1, 0.15) is 23.3 Å². The molecule has 21 heavy (non-hydrogen) atoms. The minimum atomic E-state index is -1.03. The number of hydrogen-bond donors (Lipinski definition) is 0. The van der Waals surface area contributed by atoms with E-state index in [2.05, 4.69) is 5.10 Å². The summed E-state index contributed by atoms with van der Waals surface area (Å²) in [4.78, 5) is 12.4. The Bertz CT molecular complexity index is 826. The Labute approximate surface area is 119 Å². The van der Waals surface area contributed by atoms with E-state index >= 15 is 0 Å². The summed E-state index contributed by atoms with van der Waals surface area (Å²) in [5, 5.41) is 5.13. The fraction of sp³-hybridized carbons (Fsp3) is 0.125. The summed E-state index contributed by atoms with van der Waals surface area (Å²) in [6.07, 6.45) is 1.67. The lowest BCUT2D eigenvalue weighted by Crippen LogP contribution is -2.18. The molecule has 2 aromatic carbocycles. The molecule has 1 atom stereocenters. The van der Waals surface area contributed by atoms with E-state index in [0.29, 0.717) is 0 Å². The van der Waals surface area contributed by atoms with Crippen LogP contribution >= 0.6 is 0 Å². The van der Waals surface area contributed by atoms with Crippen LogP contribution in [-0.2, 0) is 0 Å². The molecule has 5 heteroatoms. The number of carbonyl (C=O) groups is 1. The molecule has 0 N–H and O–H groups in total. The molecule has 0 fully saturated rings. The van der Waals surface area contributed by atoms with Gasteiger partial charge in [0.05, 0.1) is 11.7 Å². The quantitative estimate of drug-likeness (QED) is 0.687. The number of benzene rings is 2. The summed E-state index contributed by atoms with van der Waals surface area (Å²) < 4.78 is 27.8. The Morgan fingerprint density at radius 1 is 1.14 bits per heavy atom. The van der Waals surface area contributed by atoms with Crippen molar-refractivity contribution in [3.8, 4) is 0 Å². The molecule has 0 bridgehead atoms. The van der Waals surface area contributed by atoms with Gasteiger partial charge in [0.15, 0.2) is 17.4 Å². The number of fused-ring (bicyclic) bond motifs is 1. The lowest BCUT2D eigenvalue weighted by molar-refractivity contribution is 0.0930. The first-order chi connectivity index (χ1) is 10.1. The van der Waals surface area contributed by atoms with Gasteiger partial charge in [0, 0.05) is 10.9 Å². The van der Waals surface area contributed by atoms with E-state index in [9.17, 15) is 13.6 Å². The lowest BCUT2D eigenvalue weighted by atomic mass is 10.1. The minimum absolute atomic E-state index is 0.126. The Hall–Kier alpha value is -2.56. The molecule has 0 spiro atoms. The molecule has 0 amide bonds. The highest BCUT2D eigenvalue weighted by Crippen LogP contribution is 2.21. The SMILES string of the molecule is CC(C(=O)c1ccc(F)c(F)c1)n1ncc2ccccc21. The van der Waals surface area contributed by atoms with Crippen LogP contribution in [0.3, 0.4) is 0 Å². The summed E-state index contributed by atoms with van der Waals surface area (Å²) in [6, 6.07) is 10.0. The molecule has 0 aliphatic heterocycles. The number of rotatable bonds is 3. The van der Waals surface area contributed by atoms with Gasteiger partial charge in [-0.05, 0) is 31.2 Å². The van der Waals surface area contributed by atoms with E-state index in [1.54, 1.807) is 17.8 Å². The van der Waals surface area contributed by atoms with Gasteiger partial charge in [-0.3, -0.25) is 9.48 Å². The fourth-order valence-electron chi connectivity index (χ4n) is 2.30. The zero-order chi connectivity index (χ0) is 15.0. The molecule has 0 radical (unpaired) electrons. The van der Waals surface area contributed by atoms with E-state index in [1.165, 1.54) is 6.07 Å². The van der Waals surface area contributed by atoms with Crippen molar-refractivity contribution in [1.29, 1.82) is 0 Å². The number of carbonyl (C=O) groups excluding carboxylic acids is 1. The van der Waals surface area contributed by atoms with E-state index in [4.69, 9.17) is 0 Å².